The second kappa shape index (κ2) is 6.68. The molecule has 1 aliphatic rings. The molecule has 2 N–H and O–H groups in total. The molecule has 0 radical (unpaired) electrons. The molecular formula is C16H22N6. The molecule has 116 valence electrons. The van der Waals surface area contributed by atoms with Crippen LogP contribution < -0.4 is 0 Å². The van der Waals surface area contributed by atoms with E-state index >= 15 is 0 Å². The zero-order chi connectivity index (χ0) is 15.4. The Kier molecular flexibility index (Phi) is 4.46. The number of aromatic amines is 2. The van der Waals surface area contributed by atoms with E-state index < -0.39 is 0 Å². The summed E-state index contributed by atoms with van der Waals surface area (Å²) in [5.41, 5.74) is 3.92. The van der Waals surface area contributed by atoms with Gasteiger partial charge in [-0.3, -0.25) is 9.98 Å². The van der Waals surface area contributed by atoms with Crippen molar-refractivity contribution >= 4 is 12.4 Å². The minimum Gasteiger partial charge on any atom is -0.348 e. The molecule has 2 heterocycles. The molecule has 0 saturated heterocycles. The predicted octanol–water partition coefficient (Wildman–Crippen LogP) is 2.60. The predicted molar refractivity (Wildman–Crippen MR) is 87.9 cm³/mol. The van der Waals surface area contributed by atoms with Crippen LogP contribution in [0.25, 0.3) is 0 Å². The third-order valence-electron chi connectivity index (χ3n) is 4.21. The number of H-pyrrole nitrogens is 2. The molecule has 3 rings (SSSR count). The summed E-state index contributed by atoms with van der Waals surface area (Å²) < 4.78 is 0. The molecule has 2 atom stereocenters. The van der Waals surface area contributed by atoms with Gasteiger partial charge in [0.1, 0.15) is 11.4 Å². The van der Waals surface area contributed by atoms with Gasteiger partial charge in [0, 0.05) is 23.8 Å². The van der Waals surface area contributed by atoms with E-state index in [9.17, 15) is 0 Å². The van der Waals surface area contributed by atoms with Crippen LogP contribution in [0.15, 0.2) is 22.6 Å². The molecule has 0 amide bonds. The van der Waals surface area contributed by atoms with Crippen LogP contribution in [0.2, 0.25) is 0 Å². The van der Waals surface area contributed by atoms with Gasteiger partial charge in [-0.2, -0.15) is 0 Å². The largest absolute Gasteiger partial charge is 0.348 e. The first-order valence-corrected chi connectivity index (χ1v) is 7.80. The number of aryl methyl sites for hydroxylation is 2. The lowest BCUT2D eigenvalue weighted by atomic mass is 9.91. The number of aromatic nitrogens is 4. The smallest absolute Gasteiger partial charge is 0.102 e. The van der Waals surface area contributed by atoms with Crippen LogP contribution in [0.5, 0.6) is 0 Å². The van der Waals surface area contributed by atoms with E-state index in [4.69, 9.17) is 9.98 Å². The second-order valence-electron chi connectivity index (χ2n) is 5.80. The molecular weight excluding hydrogens is 276 g/mol. The van der Waals surface area contributed by atoms with E-state index in [0.717, 1.165) is 35.6 Å². The monoisotopic (exact) mass is 298 g/mol. The van der Waals surface area contributed by atoms with E-state index in [1.807, 2.05) is 26.3 Å². The topological polar surface area (TPSA) is 82.1 Å². The van der Waals surface area contributed by atoms with Crippen molar-refractivity contribution in [1.82, 2.24) is 19.9 Å². The molecule has 22 heavy (non-hydrogen) atoms. The summed E-state index contributed by atoms with van der Waals surface area (Å²) in [7, 11) is 0. The Morgan fingerprint density at radius 3 is 1.73 bits per heavy atom. The van der Waals surface area contributed by atoms with Gasteiger partial charge in [-0.1, -0.05) is 12.8 Å². The van der Waals surface area contributed by atoms with E-state index in [2.05, 4.69) is 19.9 Å². The summed E-state index contributed by atoms with van der Waals surface area (Å²) in [4.78, 5) is 24.2. The van der Waals surface area contributed by atoms with Crippen molar-refractivity contribution in [1.29, 1.82) is 0 Å². The van der Waals surface area contributed by atoms with E-state index in [1.165, 1.54) is 12.8 Å². The summed E-state index contributed by atoms with van der Waals surface area (Å²) in [6.07, 6.45) is 11.8. The van der Waals surface area contributed by atoms with Gasteiger partial charge in [0.05, 0.1) is 24.7 Å². The molecule has 2 aromatic heterocycles. The molecule has 1 saturated carbocycles. The van der Waals surface area contributed by atoms with E-state index in [-0.39, 0.29) is 12.1 Å². The maximum Gasteiger partial charge on any atom is 0.102 e. The van der Waals surface area contributed by atoms with E-state index in [0.29, 0.717) is 0 Å². The number of hydrogen-bond donors (Lipinski definition) is 2. The SMILES string of the molecule is Cc1[nH]cnc1C=N[C@H]1CCCC[C@@H]1N=Cc1nc[nH]c1C. The third kappa shape index (κ3) is 3.32. The third-order valence-corrected chi connectivity index (χ3v) is 4.21. The van der Waals surface area contributed by atoms with Gasteiger partial charge in [-0.25, -0.2) is 9.97 Å². The summed E-state index contributed by atoms with van der Waals surface area (Å²) in [6.45, 7) is 4.01. The summed E-state index contributed by atoms with van der Waals surface area (Å²) in [5.74, 6) is 0. The first kappa shape index (κ1) is 14.7. The van der Waals surface area contributed by atoms with Crippen molar-refractivity contribution in [3.63, 3.8) is 0 Å². The number of hydrogen-bond acceptors (Lipinski definition) is 4. The fraction of sp³-hybridized carbons (Fsp3) is 0.500. The highest BCUT2D eigenvalue weighted by atomic mass is 14.9. The van der Waals surface area contributed by atoms with Crippen LogP contribution >= 0.6 is 0 Å². The van der Waals surface area contributed by atoms with Crippen molar-refractivity contribution in [3.8, 4) is 0 Å². The average molecular weight is 298 g/mol. The Morgan fingerprint density at radius 1 is 0.909 bits per heavy atom. The lowest BCUT2D eigenvalue weighted by Gasteiger charge is -2.25. The summed E-state index contributed by atoms with van der Waals surface area (Å²) in [6, 6.07) is 0.473. The highest BCUT2D eigenvalue weighted by Gasteiger charge is 2.23. The Balaban J connectivity index is 1.71. The van der Waals surface area contributed by atoms with Gasteiger partial charge >= 0.3 is 0 Å². The van der Waals surface area contributed by atoms with Crippen LogP contribution in [0, 0.1) is 13.8 Å². The van der Waals surface area contributed by atoms with Gasteiger partial charge in [-0.05, 0) is 26.7 Å². The number of nitrogens with zero attached hydrogens (tertiary/aromatic N) is 4. The fourth-order valence-corrected chi connectivity index (χ4v) is 2.77. The molecule has 0 spiro atoms. The number of aliphatic imine (C=N–C) groups is 2. The van der Waals surface area contributed by atoms with Crippen molar-refractivity contribution in [3.05, 3.63) is 35.4 Å². The minimum atomic E-state index is 0.236. The first-order valence-electron chi connectivity index (χ1n) is 7.80. The molecule has 0 unspecified atom stereocenters. The van der Waals surface area contributed by atoms with Crippen molar-refractivity contribution in [2.75, 3.05) is 0 Å². The van der Waals surface area contributed by atoms with Gasteiger partial charge in [0.25, 0.3) is 0 Å². The molecule has 6 heteroatoms. The fourth-order valence-electron chi connectivity index (χ4n) is 2.77. The van der Waals surface area contributed by atoms with Gasteiger partial charge in [0.15, 0.2) is 0 Å². The lowest BCUT2D eigenvalue weighted by Crippen LogP contribution is -2.27. The normalized spacial score (nSPS) is 22.8. The minimum absolute atomic E-state index is 0.236. The van der Waals surface area contributed by atoms with Crippen molar-refractivity contribution < 1.29 is 0 Å². The average Bonchev–Trinajstić information content (AvgIpc) is 3.12. The maximum atomic E-state index is 4.74. The van der Waals surface area contributed by atoms with E-state index in [1.54, 1.807) is 12.7 Å². The molecule has 1 fully saturated rings. The Hall–Kier alpha value is -2.24. The molecule has 1 aliphatic carbocycles. The maximum absolute atomic E-state index is 4.74. The zero-order valence-corrected chi connectivity index (χ0v) is 13.1. The van der Waals surface area contributed by atoms with Crippen LogP contribution in [0.1, 0.15) is 48.5 Å². The van der Waals surface area contributed by atoms with Crippen molar-refractivity contribution in [2.45, 2.75) is 51.6 Å². The Morgan fingerprint density at radius 2 is 1.36 bits per heavy atom. The molecule has 6 nitrogen and oxygen atoms in total. The number of rotatable bonds is 4. The van der Waals surface area contributed by atoms with Gasteiger partial charge in [-0.15, -0.1) is 0 Å². The molecule has 0 bridgehead atoms. The van der Waals surface area contributed by atoms with Gasteiger partial charge < -0.3 is 9.97 Å². The highest BCUT2D eigenvalue weighted by Crippen LogP contribution is 2.24. The summed E-state index contributed by atoms with van der Waals surface area (Å²) in [5, 5.41) is 0. The van der Waals surface area contributed by atoms with Gasteiger partial charge in [0.2, 0.25) is 0 Å². The molecule has 2 aromatic rings. The highest BCUT2D eigenvalue weighted by molar-refractivity contribution is 5.79. The van der Waals surface area contributed by atoms with Crippen LogP contribution in [0.4, 0.5) is 0 Å². The standard InChI is InChI=1S/C16H22N6/c1-11-15(21-9-19-11)7-17-13-5-3-4-6-14(13)18-8-16-12(2)20-10-22-16/h7-10,13-14H,3-6H2,1-2H3,(H,19,21)(H,20,22)/t13-,14-/m0/s1. The zero-order valence-electron chi connectivity index (χ0n) is 13.1. The van der Waals surface area contributed by atoms with Crippen molar-refractivity contribution in [2.24, 2.45) is 9.98 Å². The Bertz CT molecular complexity index is 607. The molecule has 0 aromatic carbocycles. The van der Waals surface area contributed by atoms with Crippen LogP contribution in [0.3, 0.4) is 0 Å². The van der Waals surface area contributed by atoms with Crippen LogP contribution in [-0.4, -0.2) is 44.4 Å². The second-order valence-corrected chi connectivity index (χ2v) is 5.80. The first-order chi connectivity index (χ1) is 10.7. The molecule has 0 aliphatic heterocycles. The lowest BCUT2D eigenvalue weighted by molar-refractivity contribution is 0.390. The Labute approximate surface area is 130 Å². The van der Waals surface area contributed by atoms with Crippen LogP contribution in [-0.2, 0) is 0 Å². The summed E-state index contributed by atoms with van der Waals surface area (Å²) >= 11 is 0. The number of nitrogens with one attached hydrogen (secondary N) is 2. The number of imidazole rings is 2. The quantitative estimate of drug-likeness (QED) is 0.851.